The lowest BCUT2D eigenvalue weighted by Gasteiger charge is -2.35. The quantitative estimate of drug-likeness (QED) is 0.238. The second kappa shape index (κ2) is 16.0. The van der Waals surface area contributed by atoms with Crippen LogP contribution in [-0.4, -0.2) is 102 Å². The second-order valence-electron chi connectivity index (χ2n) is 9.97. The molecular formula is C29H39ClN4O5S. The standard InChI is InChI=1S/C29H39ClN4O5S/c1-21(2)39-18-17-34(27(19-35)40-20-26(31)29(37)38)25-9-5-23(6-10-25)28(36)33-15-13-32(14-16-33)12-11-22-3-7-24(30)8-4-22/h3-10,19,21,26-27H,11-18,20,31H2,1-2H3,(H,37,38). The Morgan fingerprint density at radius 1 is 1.10 bits per heavy atom. The summed E-state index contributed by atoms with van der Waals surface area (Å²) in [6.45, 7) is 8.56. The van der Waals surface area contributed by atoms with E-state index in [9.17, 15) is 14.4 Å². The van der Waals surface area contributed by atoms with E-state index in [1.54, 1.807) is 12.1 Å². The average molecular weight is 591 g/mol. The number of anilines is 1. The van der Waals surface area contributed by atoms with Crippen LogP contribution in [-0.2, 0) is 20.7 Å². The Hall–Kier alpha value is -2.63. The highest BCUT2D eigenvalue weighted by atomic mass is 35.5. The third kappa shape index (κ3) is 9.78. The fourth-order valence-corrected chi connectivity index (χ4v) is 5.52. The molecule has 0 bridgehead atoms. The molecule has 2 unspecified atom stereocenters. The number of amides is 1. The topological polar surface area (TPSA) is 116 Å². The molecule has 3 N–H and O–H groups in total. The molecule has 1 amide bonds. The van der Waals surface area contributed by atoms with Crippen LogP contribution in [0, 0.1) is 0 Å². The zero-order chi connectivity index (χ0) is 29.1. The number of carbonyl (C=O) groups is 3. The van der Waals surface area contributed by atoms with Gasteiger partial charge < -0.3 is 30.2 Å². The fraction of sp³-hybridized carbons (Fsp3) is 0.483. The van der Waals surface area contributed by atoms with Gasteiger partial charge in [0.15, 0.2) is 6.29 Å². The normalized spacial score (nSPS) is 15.6. The zero-order valence-corrected chi connectivity index (χ0v) is 24.7. The van der Waals surface area contributed by atoms with E-state index >= 15 is 0 Å². The van der Waals surface area contributed by atoms with Crippen LogP contribution in [0.1, 0.15) is 29.8 Å². The summed E-state index contributed by atoms with van der Waals surface area (Å²) in [6.07, 6.45) is 1.75. The van der Waals surface area contributed by atoms with Gasteiger partial charge in [0.05, 0.1) is 12.7 Å². The summed E-state index contributed by atoms with van der Waals surface area (Å²) in [5.41, 5.74) is 8.22. The first-order valence-corrected chi connectivity index (χ1v) is 14.9. The van der Waals surface area contributed by atoms with E-state index < -0.39 is 17.4 Å². The first-order valence-electron chi connectivity index (χ1n) is 13.5. The van der Waals surface area contributed by atoms with Crippen molar-refractivity contribution in [3.05, 3.63) is 64.7 Å². The molecular weight excluding hydrogens is 552 g/mol. The largest absolute Gasteiger partial charge is 0.480 e. The number of piperazine rings is 1. The van der Waals surface area contributed by atoms with Crippen LogP contribution in [0.25, 0.3) is 0 Å². The second-order valence-corrected chi connectivity index (χ2v) is 11.6. The maximum Gasteiger partial charge on any atom is 0.321 e. The predicted octanol–water partition coefficient (Wildman–Crippen LogP) is 3.24. The molecule has 0 saturated carbocycles. The van der Waals surface area contributed by atoms with Crippen molar-refractivity contribution < 1.29 is 24.2 Å². The number of hydrogen-bond acceptors (Lipinski definition) is 8. The summed E-state index contributed by atoms with van der Waals surface area (Å²) in [7, 11) is 0. The molecule has 1 heterocycles. The van der Waals surface area contributed by atoms with E-state index in [1.165, 1.54) is 17.3 Å². The lowest BCUT2D eigenvalue weighted by molar-refractivity contribution is -0.137. The average Bonchev–Trinajstić information content (AvgIpc) is 2.96. The number of aliphatic carboxylic acids is 1. The number of thioether (sulfide) groups is 1. The number of nitrogens with two attached hydrogens (primary N) is 1. The van der Waals surface area contributed by atoms with Gasteiger partial charge in [-0.25, -0.2) is 0 Å². The van der Waals surface area contributed by atoms with Crippen molar-refractivity contribution in [2.75, 3.05) is 56.5 Å². The molecule has 1 fully saturated rings. The number of carboxylic acid groups (broad SMARTS) is 1. The first-order chi connectivity index (χ1) is 19.2. The smallest absolute Gasteiger partial charge is 0.321 e. The summed E-state index contributed by atoms with van der Waals surface area (Å²) in [5, 5.41) is 9.20. The maximum atomic E-state index is 13.2. The van der Waals surface area contributed by atoms with E-state index in [2.05, 4.69) is 4.90 Å². The lowest BCUT2D eigenvalue weighted by Crippen LogP contribution is -2.49. The molecule has 40 heavy (non-hydrogen) atoms. The van der Waals surface area contributed by atoms with Gasteiger partial charge in [0, 0.05) is 61.3 Å². The minimum Gasteiger partial charge on any atom is -0.480 e. The SMILES string of the molecule is CC(C)OCCN(c1ccc(C(=O)N2CCN(CCc3ccc(Cl)cc3)CC2)cc1)C(C=O)SCC(N)C(=O)O. The monoisotopic (exact) mass is 590 g/mol. The van der Waals surface area contributed by atoms with Crippen LogP contribution in [0.5, 0.6) is 0 Å². The molecule has 2 aromatic rings. The van der Waals surface area contributed by atoms with Crippen LogP contribution >= 0.6 is 23.4 Å². The molecule has 1 aliphatic rings. The van der Waals surface area contributed by atoms with Crippen molar-refractivity contribution in [2.45, 2.75) is 37.8 Å². The van der Waals surface area contributed by atoms with Crippen LogP contribution in [0.2, 0.25) is 5.02 Å². The zero-order valence-electron chi connectivity index (χ0n) is 23.1. The number of halogens is 1. The number of nitrogens with zero attached hydrogens (tertiary/aromatic N) is 3. The van der Waals surface area contributed by atoms with Gasteiger partial charge in [0.2, 0.25) is 0 Å². The number of carboxylic acids is 1. The van der Waals surface area contributed by atoms with Gasteiger partial charge in [-0.3, -0.25) is 14.5 Å². The van der Waals surface area contributed by atoms with Crippen LogP contribution < -0.4 is 10.6 Å². The molecule has 1 saturated heterocycles. The third-order valence-electron chi connectivity index (χ3n) is 6.71. The number of benzene rings is 2. The Morgan fingerprint density at radius 2 is 1.75 bits per heavy atom. The van der Waals surface area contributed by atoms with Crippen LogP contribution in [0.15, 0.2) is 48.5 Å². The highest BCUT2D eigenvalue weighted by molar-refractivity contribution is 8.00. The van der Waals surface area contributed by atoms with Crippen LogP contribution in [0.4, 0.5) is 5.69 Å². The highest BCUT2D eigenvalue weighted by Crippen LogP contribution is 2.24. The summed E-state index contributed by atoms with van der Waals surface area (Å²) in [5.74, 6) is -1.05. The molecule has 2 atom stereocenters. The molecule has 218 valence electrons. The maximum absolute atomic E-state index is 13.2. The molecule has 0 aromatic heterocycles. The summed E-state index contributed by atoms with van der Waals surface area (Å²) in [6, 6.07) is 14.0. The summed E-state index contributed by atoms with van der Waals surface area (Å²) >= 11 is 7.14. The fourth-order valence-electron chi connectivity index (χ4n) is 4.36. The first kappa shape index (κ1) is 31.9. The number of aldehydes is 1. The number of ether oxygens (including phenoxy) is 1. The van der Waals surface area contributed by atoms with Gasteiger partial charge in [-0.15, -0.1) is 11.8 Å². The Labute approximate surface area is 245 Å². The summed E-state index contributed by atoms with van der Waals surface area (Å²) < 4.78 is 5.69. The van der Waals surface area contributed by atoms with Crippen molar-refractivity contribution in [1.29, 1.82) is 0 Å². The number of rotatable bonds is 15. The lowest BCUT2D eigenvalue weighted by atomic mass is 10.1. The van der Waals surface area contributed by atoms with Gasteiger partial charge >= 0.3 is 5.97 Å². The number of carbonyl (C=O) groups excluding carboxylic acids is 2. The van der Waals surface area contributed by atoms with E-state index in [-0.39, 0.29) is 17.8 Å². The van der Waals surface area contributed by atoms with Gasteiger partial charge in [0.1, 0.15) is 11.4 Å². The minimum absolute atomic E-state index is 0.0210. The minimum atomic E-state index is -1.11. The van der Waals surface area contributed by atoms with Gasteiger partial charge in [-0.2, -0.15) is 0 Å². The van der Waals surface area contributed by atoms with Crippen molar-refractivity contribution in [3.63, 3.8) is 0 Å². The van der Waals surface area contributed by atoms with Gasteiger partial charge in [-0.05, 0) is 62.2 Å². The van der Waals surface area contributed by atoms with Crippen molar-refractivity contribution in [3.8, 4) is 0 Å². The van der Waals surface area contributed by atoms with E-state index in [4.69, 9.17) is 27.2 Å². The molecule has 9 nitrogen and oxygen atoms in total. The molecule has 0 aliphatic carbocycles. The molecule has 0 radical (unpaired) electrons. The molecule has 3 rings (SSSR count). The molecule has 2 aromatic carbocycles. The molecule has 1 aliphatic heterocycles. The van der Waals surface area contributed by atoms with Crippen molar-refractivity contribution in [2.24, 2.45) is 5.73 Å². The van der Waals surface area contributed by atoms with Crippen LogP contribution in [0.3, 0.4) is 0 Å². The van der Waals surface area contributed by atoms with Crippen molar-refractivity contribution >= 4 is 47.2 Å². The Kier molecular flexibility index (Phi) is 12.7. The van der Waals surface area contributed by atoms with Gasteiger partial charge in [-0.1, -0.05) is 23.7 Å². The van der Waals surface area contributed by atoms with Crippen molar-refractivity contribution in [1.82, 2.24) is 9.80 Å². The Balaban J connectivity index is 1.59. The number of hydrogen-bond donors (Lipinski definition) is 2. The van der Waals surface area contributed by atoms with E-state index in [0.717, 1.165) is 43.1 Å². The predicted molar refractivity (Wildman–Crippen MR) is 160 cm³/mol. The Morgan fingerprint density at radius 3 is 2.33 bits per heavy atom. The van der Waals surface area contributed by atoms with E-state index in [1.807, 2.05) is 60.0 Å². The van der Waals surface area contributed by atoms with E-state index in [0.29, 0.717) is 31.8 Å². The Bertz CT molecular complexity index is 1090. The molecule has 11 heteroatoms. The molecule has 0 spiro atoms. The highest BCUT2D eigenvalue weighted by Gasteiger charge is 2.24. The third-order valence-corrected chi connectivity index (χ3v) is 8.22. The van der Waals surface area contributed by atoms with Gasteiger partial charge in [0.25, 0.3) is 5.91 Å². The summed E-state index contributed by atoms with van der Waals surface area (Å²) in [4.78, 5) is 42.4.